The minimum Gasteiger partial charge on any atom is -0.488 e. The lowest BCUT2D eigenvalue weighted by Gasteiger charge is -2.13. The van der Waals surface area contributed by atoms with Crippen LogP contribution < -0.4 is 10.1 Å². The summed E-state index contributed by atoms with van der Waals surface area (Å²) in [6, 6.07) is 27.7. The van der Waals surface area contributed by atoms with E-state index in [0.717, 1.165) is 22.0 Å². The van der Waals surface area contributed by atoms with E-state index in [-0.39, 0.29) is 18.3 Å². The maximum atomic E-state index is 14.1. The molecule has 1 saturated heterocycles. The molecule has 1 amide bonds. The first-order valence-corrected chi connectivity index (χ1v) is 11.2. The smallest absolute Gasteiger partial charge is 0.264 e. The second-order valence-electron chi connectivity index (χ2n) is 7.40. The third-order valence-corrected chi connectivity index (χ3v) is 6.09. The molecule has 162 valence electrons. The van der Waals surface area contributed by atoms with Crippen LogP contribution in [0.5, 0.6) is 5.75 Å². The van der Waals surface area contributed by atoms with Gasteiger partial charge in [0.25, 0.3) is 5.91 Å². The van der Waals surface area contributed by atoms with E-state index in [1.807, 2.05) is 72.8 Å². The van der Waals surface area contributed by atoms with Crippen molar-refractivity contribution in [1.29, 1.82) is 0 Å². The highest BCUT2D eigenvalue weighted by Gasteiger charge is 2.25. The molecule has 4 aromatic carbocycles. The van der Waals surface area contributed by atoms with Gasteiger partial charge in [-0.05, 0) is 52.9 Å². The van der Waals surface area contributed by atoms with Gasteiger partial charge >= 0.3 is 0 Å². The number of para-hydroxylation sites is 1. The van der Waals surface area contributed by atoms with Crippen LogP contribution in [0.3, 0.4) is 0 Å². The monoisotopic (exact) mass is 454 g/mol. The second kappa shape index (κ2) is 9.30. The molecule has 0 unspecified atom stereocenters. The lowest BCUT2D eigenvalue weighted by molar-refractivity contribution is -0.115. The zero-order valence-corrected chi connectivity index (χ0v) is 18.3. The van der Waals surface area contributed by atoms with Gasteiger partial charge in [-0.3, -0.25) is 4.79 Å². The van der Waals surface area contributed by atoms with Crippen molar-refractivity contribution in [1.82, 2.24) is 5.32 Å². The van der Waals surface area contributed by atoms with Crippen molar-refractivity contribution in [2.24, 2.45) is 4.99 Å². The van der Waals surface area contributed by atoms with Crippen LogP contribution in [0.1, 0.15) is 11.1 Å². The number of hydrogen-bond acceptors (Lipinski definition) is 4. The van der Waals surface area contributed by atoms with Gasteiger partial charge in [0.1, 0.15) is 18.2 Å². The summed E-state index contributed by atoms with van der Waals surface area (Å²) in [7, 11) is 0. The fourth-order valence-electron chi connectivity index (χ4n) is 3.55. The van der Waals surface area contributed by atoms with E-state index in [4.69, 9.17) is 4.74 Å². The summed E-state index contributed by atoms with van der Waals surface area (Å²) >= 11 is 1.28. The number of benzene rings is 4. The van der Waals surface area contributed by atoms with Gasteiger partial charge in [-0.1, -0.05) is 66.7 Å². The van der Waals surface area contributed by atoms with Crippen molar-refractivity contribution in [2.45, 2.75) is 6.61 Å². The van der Waals surface area contributed by atoms with Crippen molar-refractivity contribution in [3.63, 3.8) is 0 Å². The number of amides is 1. The third kappa shape index (κ3) is 4.66. The number of rotatable bonds is 5. The van der Waals surface area contributed by atoms with Crippen molar-refractivity contribution >= 4 is 45.4 Å². The number of carbonyl (C=O) groups excluding carboxylic acids is 1. The number of aliphatic imine (C=N–C) groups is 1. The Morgan fingerprint density at radius 2 is 1.67 bits per heavy atom. The average Bonchev–Trinajstić information content (AvgIpc) is 3.18. The predicted molar refractivity (Wildman–Crippen MR) is 132 cm³/mol. The molecule has 1 fully saturated rings. The minimum atomic E-state index is -0.314. The Kier molecular flexibility index (Phi) is 5.91. The quantitative estimate of drug-likeness (QED) is 0.353. The zero-order chi connectivity index (χ0) is 22.6. The Morgan fingerprint density at radius 1 is 0.909 bits per heavy atom. The highest BCUT2D eigenvalue weighted by atomic mass is 32.2. The van der Waals surface area contributed by atoms with Gasteiger partial charge in [0.15, 0.2) is 5.17 Å². The number of nitrogens with zero attached hydrogens (tertiary/aromatic N) is 1. The molecule has 0 spiro atoms. The highest BCUT2D eigenvalue weighted by Crippen LogP contribution is 2.35. The molecular weight excluding hydrogens is 435 g/mol. The van der Waals surface area contributed by atoms with E-state index < -0.39 is 0 Å². The maximum Gasteiger partial charge on any atom is 0.264 e. The summed E-state index contributed by atoms with van der Waals surface area (Å²) < 4.78 is 20.1. The molecule has 4 aromatic rings. The Hall–Kier alpha value is -3.90. The molecule has 0 aromatic heterocycles. The Labute approximate surface area is 194 Å². The fraction of sp³-hybridized carbons (Fsp3) is 0.0370. The Balaban J connectivity index is 1.50. The standard InChI is InChI=1S/C27H19FN2O2S/c28-23-13-7-5-9-19(23)17-32-24-15-14-18-8-4-6-12-21(18)22(24)16-25-26(31)30-27(33-25)29-20-10-2-1-3-11-20/h1-16H,17H2,(H,29,30,31)/b25-16-. The third-order valence-electron chi connectivity index (χ3n) is 5.18. The van der Waals surface area contributed by atoms with Crippen molar-refractivity contribution in [3.8, 4) is 5.75 Å². The number of ether oxygens (including phenoxy) is 1. The number of fused-ring (bicyclic) bond motifs is 1. The lowest BCUT2D eigenvalue weighted by atomic mass is 10.0. The molecule has 33 heavy (non-hydrogen) atoms. The molecule has 1 aliphatic rings. The number of nitrogens with one attached hydrogen (secondary N) is 1. The van der Waals surface area contributed by atoms with Crippen LogP contribution in [0.2, 0.25) is 0 Å². The van der Waals surface area contributed by atoms with Crippen molar-refractivity contribution < 1.29 is 13.9 Å². The zero-order valence-electron chi connectivity index (χ0n) is 17.5. The molecule has 0 atom stereocenters. The summed E-state index contributed by atoms with van der Waals surface area (Å²) in [6.07, 6.45) is 1.81. The normalized spacial score (nSPS) is 15.8. The molecule has 6 heteroatoms. The minimum absolute atomic E-state index is 0.0846. The molecule has 0 aliphatic carbocycles. The van der Waals surface area contributed by atoms with Crippen LogP contribution in [-0.4, -0.2) is 11.1 Å². The van der Waals surface area contributed by atoms with Gasteiger partial charge in [0.2, 0.25) is 0 Å². The van der Waals surface area contributed by atoms with Gasteiger partial charge in [0.05, 0.1) is 10.6 Å². The first-order chi connectivity index (χ1) is 16.2. The molecular formula is C27H19FN2O2S. The van der Waals surface area contributed by atoms with Crippen LogP contribution in [0.25, 0.3) is 16.8 Å². The van der Waals surface area contributed by atoms with Crippen LogP contribution in [-0.2, 0) is 11.4 Å². The summed E-state index contributed by atoms with van der Waals surface area (Å²) in [6.45, 7) is 0.0846. The topological polar surface area (TPSA) is 50.7 Å². The molecule has 5 rings (SSSR count). The van der Waals surface area contributed by atoms with Gasteiger partial charge in [-0.25, -0.2) is 9.38 Å². The van der Waals surface area contributed by atoms with E-state index in [9.17, 15) is 9.18 Å². The van der Waals surface area contributed by atoms with Crippen LogP contribution in [0.15, 0.2) is 101 Å². The number of thioether (sulfide) groups is 1. The molecule has 1 aliphatic heterocycles. The fourth-order valence-corrected chi connectivity index (χ4v) is 4.38. The van der Waals surface area contributed by atoms with E-state index in [1.165, 1.54) is 17.8 Å². The van der Waals surface area contributed by atoms with Crippen molar-refractivity contribution in [3.05, 3.63) is 113 Å². The first kappa shape index (κ1) is 21.0. The number of amidine groups is 1. The SMILES string of the molecule is O=C1NC(=Nc2ccccc2)S/C1=C\c1c(OCc2ccccc2F)ccc2ccccc12. The Morgan fingerprint density at radius 3 is 2.52 bits per heavy atom. The molecule has 0 bridgehead atoms. The summed E-state index contributed by atoms with van der Waals surface area (Å²) in [5.41, 5.74) is 2.00. The molecule has 1 heterocycles. The first-order valence-electron chi connectivity index (χ1n) is 10.4. The number of carbonyl (C=O) groups is 1. The van der Waals surface area contributed by atoms with Crippen LogP contribution in [0.4, 0.5) is 10.1 Å². The van der Waals surface area contributed by atoms with E-state index in [1.54, 1.807) is 18.2 Å². The van der Waals surface area contributed by atoms with Gasteiger partial charge in [-0.2, -0.15) is 0 Å². The van der Waals surface area contributed by atoms with Crippen LogP contribution >= 0.6 is 11.8 Å². The molecule has 0 radical (unpaired) electrons. The number of hydrogen-bond donors (Lipinski definition) is 1. The van der Waals surface area contributed by atoms with E-state index in [0.29, 0.717) is 21.4 Å². The molecule has 0 saturated carbocycles. The van der Waals surface area contributed by atoms with E-state index >= 15 is 0 Å². The second-order valence-corrected chi connectivity index (χ2v) is 8.43. The summed E-state index contributed by atoms with van der Waals surface area (Å²) in [4.78, 5) is 17.7. The van der Waals surface area contributed by atoms with Crippen LogP contribution in [0, 0.1) is 5.82 Å². The molecule has 4 nitrogen and oxygen atoms in total. The summed E-state index contributed by atoms with van der Waals surface area (Å²) in [5.74, 6) is 0.0413. The molecule has 1 N–H and O–H groups in total. The largest absolute Gasteiger partial charge is 0.488 e. The predicted octanol–water partition coefficient (Wildman–Crippen LogP) is 6.45. The van der Waals surface area contributed by atoms with Gasteiger partial charge in [0, 0.05) is 11.1 Å². The van der Waals surface area contributed by atoms with Gasteiger partial charge < -0.3 is 10.1 Å². The van der Waals surface area contributed by atoms with Gasteiger partial charge in [-0.15, -0.1) is 0 Å². The number of halogens is 1. The Bertz CT molecular complexity index is 1400. The maximum absolute atomic E-state index is 14.1. The lowest BCUT2D eigenvalue weighted by Crippen LogP contribution is -2.19. The highest BCUT2D eigenvalue weighted by molar-refractivity contribution is 8.18. The summed E-state index contributed by atoms with van der Waals surface area (Å²) in [5, 5.41) is 5.30. The van der Waals surface area contributed by atoms with E-state index in [2.05, 4.69) is 10.3 Å². The van der Waals surface area contributed by atoms with Crippen molar-refractivity contribution in [2.75, 3.05) is 0 Å². The average molecular weight is 455 g/mol.